The van der Waals surface area contributed by atoms with E-state index in [4.69, 9.17) is 16.7 Å². The second-order valence-electron chi connectivity index (χ2n) is 4.92. The van der Waals surface area contributed by atoms with Gasteiger partial charge in [-0.2, -0.15) is 0 Å². The molecular weight excluding hydrogens is 290 g/mol. The number of aliphatic carboxylic acids is 1. The predicted octanol–water partition coefficient (Wildman–Crippen LogP) is 2.04. The van der Waals surface area contributed by atoms with Gasteiger partial charge >= 0.3 is 5.97 Å². The monoisotopic (exact) mass is 305 g/mol. The first-order valence-corrected chi connectivity index (χ1v) is 7.41. The van der Waals surface area contributed by atoms with E-state index in [-0.39, 0.29) is 11.4 Å². The molecule has 0 atom stereocenters. The molecule has 0 aromatic heterocycles. The van der Waals surface area contributed by atoms with E-state index in [9.17, 15) is 13.2 Å². The molecule has 0 amide bonds. The van der Waals surface area contributed by atoms with Crippen molar-refractivity contribution in [3.63, 3.8) is 0 Å². The van der Waals surface area contributed by atoms with Gasteiger partial charge in [-0.05, 0) is 38.5 Å². The molecular formula is C12H16ClNO4S. The summed E-state index contributed by atoms with van der Waals surface area (Å²) >= 11 is 5.78. The Labute approximate surface area is 117 Å². The normalized spacial score (nSPS) is 12.4. The van der Waals surface area contributed by atoms with Crippen LogP contribution in [0.15, 0.2) is 23.1 Å². The van der Waals surface area contributed by atoms with Crippen LogP contribution < -0.4 is 4.72 Å². The molecule has 2 N–H and O–H groups in total. The van der Waals surface area contributed by atoms with Crippen molar-refractivity contribution in [3.05, 3.63) is 28.8 Å². The number of carboxylic acids is 1. The lowest BCUT2D eigenvalue weighted by molar-refractivity contribution is -0.146. The van der Waals surface area contributed by atoms with Crippen LogP contribution in [0.2, 0.25) is 5.02 Å². The molecule has 19 heavy (non-hydrogen) atoms. The molecule has 106 valence electrons. The molecule has 0 saturated carbocycles. The Balaban J connectivity index is 3.00. The molecule has 1 aromatic rings. The van der Waals surface area contributed by atoms with Crippen molar-refractivity contribution < 1.29 is 18.3 Å². The van der Waals surface area contributed by atoms with Crippen molar-refractivity contribution in [2.24, 2.45) is 5.41 Å². The summed E-state index contributed by atoms with van der Waals surface area (Å²) in [6.45, 7) is 4.34. The third kappa shape index (κ3) is 3.92. The topological polar surface area (TPSA) is 83.5 Å². The van der Waals surface area contributed by atoms with Crippen LogP contribution in [0.5, 0.6) is 0 Å². The first kappa shape index (κ1) is 15.9. The Hall–Kier alpha value is -1.11. The standard InChI is InChI=1S/C12H16ClNO4S/c1-8-4-5-9(13)6-10(8)19(17,18)14-7-12(2,3)11(15)16/h4-6,14H,7H2,1-3H3,(H,15,16). The van der Waals surface area contributed by atoms with Crippen LogP contribution in [-0.2, 0) is 14.8 Å². The Bertz CT molecular complexity index is 596. The molecule has 1 aromatic carbocycles. The second-order valence-corrected chi connectivity index (χ2v) is 7.10. The summed E-state index contributed by atoms with van der Waals surface area (Å²) in [6.07, 6.45) is 0. The van der Waals surface area contributed by atoms with E-state index in [1.54, 1.807) is 19.1 Å². The third-order valence-corrected chi connectivity index (χ3v) is 4.50. The minimum atomic E-state index is -3.78. The van der Waals surface area contributed by atoms with Crippen LogP contribution in [0, 0.1) is 12.3 Å². The van der Waals surface area contributed by atoms with E-state index in [1.807, 2.05) is 0 Å². The maximum atomic E-state index is 12.1. The van der Waals surface area contributed by atoms with Crippen molar-refractivity contribution in [1.82, 2.24) is 4.72 Å². The van der Waals surface area contributed by atoms with E-state index >= 15 is 0 Å². The van der Waals surface area contributed by atoms with Gasteiger partial charge in [0.05, 0.1) is 10.3 Å². The summed E-state index contributed by atoms with van der Waals surface area (Å²) in [5, 5.41) is 9.26. The van der Waals surface area contributed by atoms with Gasteiger partial charge < -0.3 is 5.11 Å². The molecule has 0 unspecified atom stereocenters. The zero-order valence-corrected chi connectivity index (χ0v) is 12.5. The summed E-state index contributed by atoms with van der Waals surface area (Å²) in [5.74, 6) is -1.07. The molecule has 1 rings (SSSR count). The highest BCUT2D eigenvalue weighted by molar-refractivity contribution is 7.89. The number of benzene rings is 1. The average Bonchev–Trinajstić information content (AvgIpc) is 2.30. The van der Waals surface area contributed by atoms with E-state index in [0.717, 1.165) is 0 Å². The van der Waals surface area contributed by atoms with Crippen LogP contribution in [0.1, 0.15) is 19.4 Å². The first-order chi connectivity index (χ1) is 8.56. The fourth-order valence-corrected chi connectivity index (χ4v) is 3.01. The van der Waals surface area contributed by atoms with Crippen molar-refractivity contribution in [2.45, 2.75) is 25.7 Å². The highest BCUT2D eigenvalue weighted by Gasteiger charge is 2.29. The smallest absolute Gasteiger partial charge is 0.310 e. The van der Waals surface area contributed by atoms with E-state index in [2.05, 4.69) is 4.72 Å². The van der Waals surface area contributed by atoms with E-state index in [0.29, 0.717) is 10.6 Å². The summed E-state index contributed by atoms with van der Waals surface area (Å²) in [4.78, 5) is 11.0. The maximum Gasteiger partial charge on any atom is 0.310 e. The number of carbonyl (C=O) groups is 1. The van der Waals surface area contributed by atoms with Crippen LogP contribution in [0.25, 0.3) is 0 Å². The number of rotatable bonds is 5. The lowest BCUT2D eigenvalue weighted by Gasteiger charge is -2.20. The van der Waals surface area contributed by atoms with Gasteiger partial charge in [-0.3, -0.25) is 4.79 Å². The molecule has 0 saturated heterocycles. The molecule has 0 aliphatic rings. The fraction of sp³-hybridized carbons (Fsp3) is 0.417. The molecule has 0 bridgehead atoms. The van der Waals surface area contributed by atoms with Gasteiger partial charge in [-0.25, -0.2) is 13.1 Å². The second kappa shape index (κ2) is 5.48. The number of carboxylic acid groups (broad SMARTS) is 1. The molecule has 5 nitrogen and oxygen atoms in total. The van der Waals surface area contributed by atoms with Gasteiger partial charge in [-0.15, -0.1) is 0 Å². The SMILES string of the molecule is Cc1ccc(Cl)cc1S(=O)(=O)NCC(C)(C)C(=O)O. The molecule has 0 spiro atoms. The van der Waals surface area contributed by atoms with Crippen molar-refractivity contribution in [3.8, 4) is 0 Å². The number of nitrogens with one attached hydrogen (secondary N) is 1. The summed E-state index contributed by atoms with van der Waals surface area (Å²) in [6, 6.07) is 4.53. The number of sulfonamides is 1. The van der Waals surface area contributed by atoms with Crippen LogP contribution >= 0.6 is 11.6 Å². The van der Waals surface area contributed by atoms with Gasteiger partial charge in [0, 0.05) is 11.6 Å². The Morgan fingerprint density at radius 2 is 2.00 bits per heavy atom. The highest BCUT2D eigenvalue weighted by atomic mass is 35.5. The molecule has 0 aliphatic heterocycles. The molecule has 0 aliphatic carbocycles. The van der Waals surface area contributed by atoms with Crippen LogP contribution in [0.4, 0.5) is 0 Å². The zero-order chi connectivity index (χ0) is 14.8. The highest BCUT2D eigenvalue weighted by Crippen LogP contribution is 2.21. The minimum Gasteiger partial charge on any atom is -0.481 e. The Morgan fingerprint density at radius 1 is 1.42 bits per heavy atom. The average molecular weight is 306 g/mol. The Morgan fingerprint density at radius 3 is 2.53 bits per heavy atom. The van der Waals surface area contributed by atoms with Gasteiger partial charge in [0.25, 0.3) is 0 Å². The lowest BCUT2D eigenvalue weighted by atomic mass is 9.95. The lowest BCUT2D eigenvalue weighted by Crippen LogP contribution is -2.39. The van der Waals surface area contributed by atoms with Gasteiger partial charge in [0.1, 0.15) is 0 Å². The molecule has 0 fully saturated rings. The predicted molar refractivity (Wildman–Crippen MR) is 72.8 cm³/mol. The van der Waals surface area contributed by atoms with Gasteiger partial charge in [-0.1, -0.05) is 17.7 Å². The van der Waals surface area contributed by atoms with Crippen molar-refractivity contribution in [2.75, 3.05) is 6.54 Å². The largest absolute Gasteiger partial charge is 0.481 e. The minimum absolute atomic E-state index is 0.0567. The van der Waals surface area contributed by atoms with Crippen molar-refractivity contribution in [1.29, 1.82) is 0 Å². The van der Waals surface area contributed by atoms with E-state index < -0.39 is 21.4 Å². The molecule has 0 heterocycles. The maximum absolute atomic E-state index is 12.1. The Kier molecular flexibility index (Phi) is 4.60. The number of halogens is 1. The summed E-state index contributed by atoms with van der Waals surface area (Å²) in [5.41, 5.74) is -0.635. The number of hydrogen-bond donors (Lipinski definition) is 2. The summed E-state index contributed by atoms with van der Waals surface area (Å²) in [7, 11) is -3.78. The van der Waals surface area contributed by atoms with Crippen LogP contribution in [0.3, 0.4) is 0 Å². The van der Waals surface area contributed by atoms with Crippen molar-refractivity contribution >= 4 is 27.6 Å². The third-order valence-electron chi connectivity index (χ3n) is 2.72. The van der Waals surface area contributed by atoms with Gasteiger partial charge in [0.2, 0.25) is 10.0 Å². The molecule has 7 heteroatoms. The molecule has 0 radical (unpaired) electrons. The van der Waals surface area contributed by atoms with E-state index in [1.165, 1.54) is 19.9 Å². The quantitative estimate of drug-likeness (QED) is 0.872. The fourth-order valence-electron chi connectivity index (χ4n) is 1.29. The number of hydrogen-bond acceptors (Lipinski definition) is 3. The van der Waals surface area contributed by atoms with Crippen LogP contribution in [-0.4, -0.2) is 26.0 Å². The van der Waals surface area contributed by atoms with Gasteiger partial charge in [0.15, 0.2) is 0 Å². The number of aryl methyl sites for hydroxylation is 1. The first-order valence-electron chi connectivity index (χ1n) is 5.55. The zero-order valence-electron chi connectivity index (χ0n) is 10.9. The summed E-state index contributed by atoms with van der Waals surface area (Å²) < 4.78 is 26.5.